The predicted molar refractivity (Wildman–Crippen MR) is 86.4 cm³/mol. The molecule has 2 heterocycles. The van der Waals surface area contributed by atoms with Crippen molar-refractivity contribution in [2.75, 3.05) is 0 Å². The number of rotatable bonds is 2. The zero-order valence-corrected chi connectivity index (χ0v) is 15.1. The molecule has 0 bridgehead atoms. The molecule has 4 nitrogen and oxygen atoms in total. The predicted octanol–water partition coefficient (Wildman–Crippen LogP) is 4.73. The van der Waals surface area contributed by atoms with E-state index in [0.717, 1.165) is 20.3 Å². The molecular formula is C13H12Br2N2O2S. The number of aromatic nitrogens is 2. The molecule has 106 valence electrons. The first-order valence-electron chi connectivity index (χ1n) is 5.76. The largest absolute Gasteiger partial charge is 0.477 e. The maximum absolute atomic E-state index is 11.4. The van der Waals surface area contributed by atoms with E-state index in [9.17, 15) is 9.90 Å². The van der Waals surface area contributed by atoms with Gasteiger partial charge in [-0.15, -0.1) is 11.3 Å². The van der Waals surface area contributed by atoms with E-state index < -0.39 is 5.97 Å². The molecule has 0 aromatic carbocycles. The number of aromatic carboxylic acids is 1. The van der Waals surface area contributed by atoms with E-state index >= 15 is 0 Å². The molecule has 0 saturated heterocycles. The first kappa shape index (κ1) is 15.6. The molecule has 7 heteroatoms. The van der Waals surface area contributed by atoms with Crippen molar-refractivity contribution in [3.8, 4) is 10.7 Å². The summed E-state index contributed by atoms with van der Waals surface area (Å²) in [5.74, 6) is -0.952. The van der Waals surface area contributed by atoms with Crippen LogP contribution in [0.1, 0.15) is 36.1 Å². The van der Waals surface area contributed by atoms with E-state index in [1.807, 2.05) is 26.8 Å². The highest BCUT2D eigenvalue weighted by Crippen LogP contribution is 2.36. The summed E-state index contributed by atoms with van der Waals surface area (Å²) in [4.78, 5) is 20.4. The van der Waals surface area contributed by atoms with E-state index in [-0.39, 0.29) is 10.3 Å². The van der Waals surface area contributed by atoms with Gasteiger partial charge in [-0.3, -0.25) is 4.98 Å². The minimum absolute atomic E-state index is 0.268. The normalized spacial score (nSPS) is 11.7. The fourth-order valence-corrected chi connectivity index (χ4v) is 4.08. The van der Waals surface area contributed by atoms with Crippen LogP contribution in [-0.2, 0) is 5.41 Å². The number of pyridine rings is 1. The van der Waals surface area contributed by atoms with E-state index in [0.29, 0.717) is 16.4 Å². The quantitative estimate of drug-likeness (QED) is 0.764. The molecule has 1 N–H and O–H groups in total. The standard InChI is InChI=1S/C13H12Br2N2O2S/c1-13(2,3)10-9(12(18)19)20-11(17-10)8-7(15)4-6(14)5-16-8/h4-5H,1-3H3,(H,18,19). The lowest BCUT2D eigenvalue weighted by molar-refractivity contribution is 0.0699. The zero-order valence-electron chi connectivity index (χ0n) is 11.1. The lowest BCUT2D eigenvalue weighted by atomic mass is 9.91. The fraction of sp³-hybridized carbons (Fsp3) is 0.308. The lowest BCUT2D eigenvalue weighted by Gasteiger charge is -2.16. The van der Waals surface area contributed by atoms with Crippen molar-refractivity contribution in [3.05, 3.63) is 31.8 Å². The number of hydrogen-bond acceptors (Lipinski definition) is 4. The maximum atomic E-state index is 11.4. The van der Waals surface area contributed by atoms with Gasteiger partial charge in [0, 0.05) is 20.6 Å². The van der Waals surface area contributed by atoms with Crippen molar-refractivity contribution in [2.24, 2.45) is 0 Å². The van der Waals surface area contributed by atoms with Gasteiger partial charge >= 0.3 is 5.97 Å². The Hall–Kier alpha value is -0.790. The SMILES string of the molecule is CC(C)(C)c1nc(-c2ncc(Br)cc2Br)sc1C(=O)O. The molecule has 0 unspecified atom stereocenters. The third kappa shape index (κ3) is 3.10. The van der Waals surface area contributed by atoms with Gasteiger partial charge in [0.15, 0.2) is 0 Å². The molecule has 0 spiro atoms. The van der Waals surface area contributed by atoms with Crippen molar-refractivity contribution in [2.45, 2.75) is 26.2 Å². The monoisotopic (exact) mass is 418 g/mol. The van der Waals surface area contributed by atoms with Crippen molar-refractivity contribution in [1.82, 2.24) is 9.97 Å². The van der Waals surface area contributed by atoms with E-state index in [1.54, 1.807) is 6.20 Å². The van der Waals surface area contributed by atoms with Gasteiger partial charge < -0.3 is 5.11 Å². The molecule has 20 heavy (non-hydrogen) atoms. The van der Waals surface area contributed by atoms with Crippen molar-refractivity contribution in [3.63, 3.8) is 0 Å². The van der Waals surface area contributed by atoms with Crippen molar-refractivity contribution < 1.29 is 9.90 Å². The van der Waals surface area contributed by atoms with Crippen LogP contribution in [0.5, 0.6) is 0 Å². The van der Waals surface area contributed by atoms with Gasteiger partial charge in [0.05, 0.1) is 5.69 Å². The van der Waals surface area contributed by atoms with E-state index in [4.69, 9.17) is 0 Å². The summed E-state index contributed by atoms with van der Waals surface area (Å²) >= 11 is 7.92. The topological polar surface area (TPSA) is 63.1 Å². The Morgan fingerprint density at radius 1 is 1.35 bits per heavy atom. The van der Waals surface area contributed by atoms with Gasteiger partial charge in [-0.05, 0) is 37.9 Å². The molecule has 0 fully saturated rings. The first-order chi connectivity index (χ1) is 9.20. The number of halogens is 2. The second-order valence-corrected chi connectivity index (χ2v) is 8.00. The Bertz CT molecular complexity index is 677. The number of thiazole rings is 1. The summed E-state index contributed by atoms with van der Waals surface area (Å²) in [5, 5.41) is 9.94. The van der Waals surface area contributed by atoms with Crippen LogP contribution in [0.3, 0.4) is 0 Å². The number of nitrogens with zero attached hydrogens (tertiary/aromatic N) is 2. The second kappa shape index (κ2) is 5.54. The summed E-state index contributed by atoms with van der Waals surface area (Å²) in [6, 6.07) is 1.86. The minimum Gasteiger partial charge on any atom is -0.477 e. The fourth-order valence-electron chi connectivity index (χ4n) is 1.65. The Labute approximate surface area is 137 Å². The van der Waals surface area contributed by atoms with Crippen LogP contribution in [0, 0.1) is 0 Å². The molecule has 0 amide bonds. The second-order valence-electron chi connectivity index (χ2n) is 5.24. The van der Waals surface area contributed by atoms with Crippen LogP contribution in [0.4, 0.5) is 0 Å². The Balaban J connectivity index is 2.62. The average Bonchev–Trinajstić information content (AvgIpc) is 2.73. The molecule has 0 radical (unpaired) electrons. The molecule has 0 aliphatic heterocycles. The summed E-state index contributed by atoms with van der Waals surface area (Å²) < 4.78 is 1.62. The molecule has 2 aromatic rings. The highest BCUT2D eigenvalue weighted by Gasteiger charge is 2.28. The number of carboxylic acids is 1. The highest BCUT2D eigenvalue weighted by molar-refractivity contribution is 9.11. The van der Waals surface area contributed by atoms with Crippen LogP contribution < -0.4 is 0 Å². The van der Waals surface area contributed by atoms with Crippen molar-refractivity contribution in [1.29, 1.82) is 0 Å². The molecule has 0 atom stereocenters. The summed E-state index contributed by atoms with van der Waals surface area (Å²) in [7, 11) is 0. The Morgan fingerprint density at radius 2 is 2.00 bits per heavy atom. The summed E-state index contributed by atoms with van der Waals surface area (Å²) in [6.07, 6.45) is 1.67. The van der Waals surface area contributed by atoms with Gasteiger partial charge in [-0.1, -0.05) is 20.8 Å². The third-order valence-corrected chi connectivity index (χ3v) is 4.63. The van der Waals surface area contributed by atoms with Crippen LogP contribution in [0.25, 0.3) is 10.7 Å². The molecule has 2 rings (SSSR count). The number of carbonyl (C=O) groups is 1. The summed E-state index contributed by atoms with van der Waals surface area (Å²) in [6.45, 7) is 5.84. The molecule has 0 aliphatic rings. The minimum atomic E-state index is -0.952. The van der Waals surface area contributed by atoms with Gasteiger partial charge in [0.1, 0.15) is 15.6 Å². The lowest BCUT2D eigenvalue weighted by Crippen LogP contribution is -2.16. The molecule has 0 saturated carbocycles. The van der Waals surface area contributed by atoms with Gasteiger partial charge in [0.25, 0.3) is 0 Å². The highest BCUT2D eigenvalue weighted by atomic mass is 79.9. The van der Waals surface area contributed by atoms with Gasteiger partial charge in [-0.2, -0.15) is 0 Å². The van der Waals surface area contributed by atoms with Gasteiger partial charge in [0.2, 0.25) is 0 Å². The van der Waals surface area contributed by atoms with E-state index in [2.05, 4.69) is 41.8 Å². The Kier molecular flexibility index (Phi) is 4.32. The number of hydrogen-bond donors (Lipinski definition) is 1. The molecule has 0 aliphatic carbocycles. The van der Waals surface area contributed by atoms with Crippen LogP contribution in [0.2, 0.25) is 0 Å². The number of carboxylic acid groups (broad SMARTS) is 1. The average molecular weight is 420 g/mol. The van der Waals surface area contributed by atoms with Gasteiger partial charge in [-0.25, -0.2) is 9.78 Å². The van der Waals surface area contributed by atoms with Crippen LogP contribution >= 0.6 is 43.2 Å². The zero-order chi connectivity index (χ0) is 15.1. The maximum Gasteiger partial charge on any atom is 0.347 e. The smallest absolute Gasteiger partial charge is 0.347 e. The Morgan fingerprint density at radius 3 is 2.45 bits per heavy atom. The van der Waals surface area contributed by atoms with Crippen LogP contribution in [0.15, 0.2) is 21.2 Å². The van der Waals surface area contributed by atoms with Crippen molar-refractivity contribution >= 4 is 49.2 Å². The first-order valence-corrected chi connectivity index (χ1v) is 8.16. The summed E-state index contributed by atoms with van der Waals surface area (Å²) in [5.41, 5.74) is 0.905. The van der Waals surface area contributed by atoms with Crippen LogP contribution in [-0.4, -0.2) is 21.0 Å². The molecule has 2 aromatic heterocycles. The third-order valence-electron chi connectivity index (χ3n) is 2.54. The molecular weight excluding hydrogens is 408 g/mol. The van der Waals surface area contributed by atoms with E-state index in [1.165, 1.54) is 0 Å².